The van der Waals surface area contributed by atoms with Crippen LogP contribution in [0, 0.1) is 0 Å². The lowest BCUT2D eigenvalue weighted by Gasteiger charge is -2.25. The number of piperidine rings is 1. The number of nitrogens with one attached hydrogen (secondary N) is 1. The molecule has 0 spiro atoms. The van der Waals surface area contributed by atoms with Gasteiger partial charge in [-0.3, -0.25) is 0 Å². The fourth-order valence-electron chi connectivity index (χ4n) is 2.26. The Balaban J connectivity index is 1.76. The predicted octanol–water partition coefficient (Wildman–Crippen LogP) is 0.943. The SMILES string of the molecule is CN(CCC1CCCCN1)S(=O)(=O)C1CC1. The Kier molecular flexibility index (Phi) is 3.87. The fourth-order valence-corrected chi connectivity index (χ4v) is 3.86. The highest BCUT2D eigenvalue weighted by atomic mass is 32.2. The van der Waals surface area contributed by atoms with Gasteiger partial charge < -0.3 is 5.32 Å². The summed E-state index contributed by atoms with van der Waals surface area (Å²) in [5.74, 6) is 0. The second kappa shape index (κ2) is 5.02. The van der Waals surface area contributed by atoms with E-state index in [1.54, 1.807) is 11.4 Å². The number of sulfonamides is 1. The quantitative estimate of drug-likeness (QED) is 0.785. The van der Waals surface area contributed by atoms with E-state index in [2.05, 4.69) is 5.32 Å². The van der Waals surface area contributed by atoms with Gasteiger partial charge in [0.15, 0.2) is 0 Å². The first kappa shape index (κ1) is 12.3. The lowest BCUT2D eigenvalue weighted by molar-refractivity contribution is 0.351. The van der Waals surface area contributed by atoms with Crippen molar-refractivity contribution < 1.29 is 8.42 Å². The van der Waals surface area contributed by atoms with E-state index in [0.29, 0.717) is 12.6 Å². The topological polar surface area (TPSA) is 49.4 Å². The molecule has 16 heavy (non-hydrogen) atoms. The van der Waals surface area contributed by atoms with Gasteiger partial charge in [0.1, 0.15) is 0 Å². The molecule has 94 valence electrons. The molecule has 0 radical (unpaired) electrons. The minimum atomic E-state index is -2.96. The Morgan fingerprint density at radius 1 is 1.25 bits per heavy atom. The molecule has 4 nitrogen and oxygen atoms in total. The fraction of sp³-hybridized carbons (Fsp3) is 1.00. The maximum Gasteiger partial charge on any atom is 0.216 e. The summed E-state index contributed by atoms with van der Waals surface area (Å²) in [6.45, 7) is 1.75. The summed E-state index contributed by atoms with van der Waals surface area (Å²) >= 11 is 0. The highest BCUT2D eigenvalue weighted by Gasteiger charge is 2.38. The first-order valence-corrected chi connectivity index (χ1v) is 7.79. The van der Waals surface area contributed by atoms with Crippen LogP contribution in [-0.4, -0.2) is 44.2 Å². The van der Waals surface area contributed by atoms with Gasteiger partial charge in [0, 0.05) is 19.6 Å². The third kappa shape index (κ3) is 2.96. The highest BCUT2D eigenvalue weighted by Crippen LogP contribution is 2.30. The average Bonchev–Trinajstić information content (AvgIpc) is 3.11. The molecule has 0 amide bonds. The Hall–Kier alpha value is -0.130. The second-order valence-electron chi connectivity index (χ2n) is 5.00. The van der Waals surface area contributed by atoms with Gasteiger partial charge in [-0.1, -0.05) is 6.42 Å². The summed E-state index contributed by atoms with van der Waals surface area (Å²) < 4.78 is 25.3. The van der Waals surface area contributed by atoms with Gasteiger partial charge in [-0.15, -0.1) is 0 Å². The molecule has 1 atom stereocenters. The zero-order chi connectivity index (χ0) is 11.6. The van der Waals surface area contributed by atoms with Crippen molar-refractivity contribution in [3.63, 3.8) is 0 Å². The van der Waals surface area contributed by atoms with Crippen LogP contribution in [0.1, 0.15) is 38.5 Å². The monoisotopic (exact) mass is 246 g/mol. The summed E-state index contributed by atoms with van der Waals surface area (Å²) in [5, 5.41) is 3.38. The Labute approximate surface area is 98.4 Å². The molecular weight excluding hydrogens is 224 g/mol. The van der Waals surface area contributed by atoms with Crippen LogP contribution >= 0.6 is 0 Å². The molecule has 2 aliphatic rings. The Bertz CT molecular complexity index is 319. The largest absolute Gasteiger partial charge is 0.314 e. The third-order valence-corrected chi connectivity index (χ3v) is 5.95. The van der Waals surface area contributed by atoms with Crippen molar-refractivity contribution in [2.24, 2.45) is 0 Å². The van der Waals surface area contributed by atoms with Gasteiger partial charge in [0.25, 0.3) is 0 Å². The van der Waals surface area contributed by atoms with E-state index in [0.717, 1.165) is 25.8 Å². The lowest BCUT2D eigenvalue weighted by atomic mass is 10.0. The molecule has 0 aromatic heterocycles. The standard InChI is InChI=1S/C11H22N2O2S/c1-13(16(14,15)11-5-6-11)9-7-10-4-2-3-8-12-10/h10-12H,2-9H2,1H3. The molecule has 1 N–H and O–H groups in total. The smallest absolute Gasteiger partial charge is 0.216 e. The van der Waals surface area contributed by atoms with E-state index in [-0.39, 0.29) is 5.25 Å². The van der Waals surface area contributed by atoms with Crippen LogP contribution in [0.4, 0.5) is 0 Å². The van der Waals surface area contributed by atoms with E-state index in [9.17, 15) is 8.42 Å². The molecule has 1 heterocycles. The van der Waals surface area contributed by atoms with Crippen LogP contribution in [0.5, 0.6) is 0 Å². The van der Waals surface area contributed by atoms with E-state index in [1.807, 2.05) is 0 Å². The van der Waals surface area contributed by atoms with Crippen LogP contribution < -0.4 is 5.32 Å². The van der Waals surface area contributed by atoms with Crippen molar-refractivity contribution in [2.75, 3.05) is 20.1 Å². The first-order valence-electron chi connectivity index (χ1n) is 6.29. The molecule has 1 saturated heterocycles. The number of rotatable bonds is 5. The van der Waals surface area contributed by atoms with E-state index < -0.39 is 10.0 Å². The summed E-state index contributed by atoms with van der Waals surface area (Å²) in [6.07, 6.45) is 6.38. The zero-order valence-corrected chi connectivity index (χ0v) is 10.8. The van der Waals surface area contributed by atoms with E-state index >= 15 is 0 Å². The van der Waals surface area contributed by atoms with E-state index in [1.165, 1.54) is 19.3 Å². The van der Waals surface area contributed by atoms with Crippen LogP contribution in [0.2, 0.25) is 0 Å². The molecule has 1 saturated carbocycles. The average molecular weight is 246 g/mol. The maximum absolute atomic E-state index is 11.9. The van der Waals surface area contributed by atoms with Crippen molar-refractivity contribution in [1.29, 1.82) is 0 Å². The molecule has 0 bridgehead atoms. The lowest BCUT2D eigenvalue weighted by Crippen LogP contribution is -2.38. The predicted molar refractivity (Wildman–Crippen MR) is 64.8 cm³/mol. The molecule has 1 aliphatic carbocycles. The first-order chi connectivity index (χ1) is 7.60. The summed E-state index contributed by atoms with van der Waals surface area (Å²) in [6, 6.07) is 0.519. The van der Waals surface area contributed by atoms with Crippen molar-refractivity contribution in [3.8, 4) is 0 Å². The molecule has 2 rings (SSSR count). The van der Waals surface area contributed by atoms with Gasteiger partial charge in [-0.2, -0.15) is 0 Å². The highest BCUT2D eigenvalue weighted by molar-refractivity contribution is 7.90. The number of hydrogen-bond donors (Lipinski definition) is 1. The van der Waals surface area contributed by atoms with Crippen molar-refractivity contribution >= 4 is 10.0 Å². The normalized spacial score (nSPS) is 27.2. The molecule has 5 heteroatoms. The van der Waals surface area contributed by atoms with Crippen LogP contribution in [0.15, 0.2) is 0 Å². The summed E-state index contributed by atoms with van der Waals surface area (Å²) in [7, 11) is -1.24. The maximum atomic E-state index is 11.9. The Morgan fingerprint density at radius 3 is 2.56 bits per heavy atom. The van der Waals surface area contributed by atoms with Gasteiger partial charge >= 0.3 is 0 Å². The summed E-state index contributed by atoms with van der Waals surface area (Å²) in [5.41, 5.74) is 0. The second-order valence-corrected chi connectivity index (χ2v) is 7.32. The van der Waals surface area contributed by atoms with E-state index in [4.69, 9.17) is 0 Å². The van der Waals surface area contributed by atoms with Crippen LogP contribution in [0.25, 0.3) is 0 Å². The Morgan fingerprint density at radius 2 is 2.00 bits per heavy atom. The molecule has 1 aliphatic heterocycles. The van der Waals surface area contributed by atoms with Crippen molar-refractivity contribution in [3.05, 3.63) is 0 Å². The third-order valence-electron chi connectivity index (χ3n) is 3.58. The number of nitrogens with zero attached hydrogens (tertiary/aromatic N) is 1. The summed E-state index contributed by atoms with van der Waals surface area (Å²) in [4.78, 5) is 0. The van der Waals surface area contributed by atoms with Crippen molar-refractivity contribution in [2.45, 2.75) is 49.8 Å². The minimum absolute atomic E-state index is 0.0724. The molecule has 1 unspecified atom stereocenters. The molecule has 2 fully saturated rings. The van der Waals surface area contributed by atoms with Gasteiger partial charge in [-0.25, -0.2) is 12.7 Å². The molecular formula is C11H22N2O2S. The molecule has 0 aromatic rings. The van der Waals surface area contributed by atoms with Gasteiger partial charge in [0.05, 0.1) is 5.25 Å². The van der Waals surface area contributed by atoms with Crippen LogP contribution in [-0.2, 0) is 10.0 Å². The number of hydrogen-bond acceptors (Lipinski definition) is 3. The van der Waals surface area contributed by atoms with Gasteiger partial charge in [-0.05, 0) is 38.6 Å². The minimum Gasteiger partial charge on any atom is -0.314 e. The zero-order valence-electron chi connectivity index (χ0n) is 9.98. The van der Waals surface area contributed by atoms with Crippen molar-refractivity contribution in [1.82, 2.24) is 9.62 Å². The van der Waals surface area contributed by atoms with Gasteiger partial charge in [0.2, 0.25) is 10.0 Å². The van der Waals surface area contributed by atoms with Crippen LogP contribution in [0.3, 0.4) is 0 Å². The molecule has 0 aromatic carbocycles.